The third-order valence-corrected chi connectivity index (χ3v) is 4.31. The first-order valence-electron chi connectivity index (χ1n) is 6.52. The Morgan fingerprint density at radius 3 is 2.80 bits per heavy atom. The van der Waals surface area contributed by atoms with Crippen LogP contribution in [-0.4, -0.2) is 18.8 Å². The SMILES string of the molecule is COc1cccc(NC2=NCC(c3ccccc3)S2)c1. The molecule has 1 N–H and O–H groups in total. The summed E-state index contributed by atoms with van der Waals surface area (Å²) in [5.41, 5.74) is 2.33. The van der Waals surface area contributed by atoms with Gasteiger partial charge in [-0.25, -0.2) is 0 Å². The summed E-state index contributed by atoms with van der Waals surface area (Å²) in [6.45, 7) is 0.820. The number of benzene rings is 2. The predicted molar refractivity (Wildman–Crippen MR) is 85.7 cm³/mol. The largest absolute Gasteiger partial charge is 0.497 e. The Balaban J connectivity index is 1.65. The van der Waals surface area contributed by atoms with E-state index in [1.807, 2.05) is 30.3 Å². The van der Waals surface area contributed by atoms with Gasteiger partial charge in [-0.15, -0.1) is 0 Å². The van der Waals surface area contributed by atoms with Gasteiger partial charge in [-0.3, -0.25) is 4.99 Å². The predicted octanol–water partition coefficient (Wildman–Crippen LogP) is 3.95. The first-order valence-corrected chi connectivity index (χ1v) is 7.40. The molecule has 0 saturated carbocycles. The number of rotatable bonds is 3. The Labute approximate surface area is 123 Å². The number of anilines is 1. The van der Waals surface area contributed by atoms with Gasteiger partial charge >= 0.3 is 0 Å². The van der Waals surface area contributed by atoms with Crippen molar-refractivity contribution in [3.05, 3.63) is 60.2 Å². The highest BCUT2D eigenvalue weighted by Gasteiger charge is 2.21. The van der Waals surface area contributed by atoms with E-state index < -0.39 is 0 Å². The monoisotopic (exact) mass is 284 g/mol. The minimum Gasteiger partial charge on any atom is -0.497 e. The van der Waals surface area contributed by atoms with Gasteiger partial charge in [-0.2, -0.15) is 0 Å². The van der Waals surface area contributed by atoms with Crippen molar-refractivity contribution in [3.63, 3.8) is 0 Å². The van der Waals surface area contributed by atoms with Crippen LogP contribution in [0.4, 0.5) is 5.69 Å². The highest BCUT2D eigenvalue weighted by Crippen LogP contribution is 2.35. The average molecular weight is 284 g/mol. The number of nitrogens with one attached hydrogen (secondary N) is 1. The Kier molecular flexibility index (Phi) is 3.92. The molecule has 102 valence electrons. The minimum absolute atomic E-state index is 0.407. The maximum atomic E-state index is 5.22. The average Bonchev–Trinajstić information content (AvgIpc) is 2.97. The van der Waals surface area contributed by atoms with E-state index in [1.54, 1.807) is 18.9 Å². The minimum atomic E-state index is 0.407. The molecule has 0 bridgehead atoms. The van der Waals surface area contributed by atoms with Crippen LogP contribution in [0.15, 0.2) is 59.6 Å². The quantitative estimate of drug-likeness (QED) is 0.926. The highest BCUT2D eigenvalue weighted by molar-refractivity contribution is 8.14. The second kappa shape index (κ2) is 6.01. The number of ether oxygens (including phenoxy) is 1. The molecule has 0 aliphatic carbocycles. The fourth-order valence-corrected chi connectivity index (χ4v) is 3.15. The van der Waals surface area contributed by atoms with Crippen molar-refractivity contribution in [1.82, 2.24) is 0 Å². The number of aliphatic imine (C=N–C) groups is 1. The number of amidine groups is 1. The lowest BCUT2D eigenvalue weighted by Crippen LogP contribution is -2.05. The zero-order valence-corrected chi connectivity index (χ0v) is 12.1. The maximum absolute atomic E-state index is 5.22. The highest BCUT2D eigenvalue weighted by atomic mass is 32.2. The molecule has 0 fully saturated rings. The fraction of sp³-hybridized carbons (Fsp3) is 0.188. The topological polar surface area (TPSA) is 33.6 Å². The molecule has 3 nitrogen and oxygen atoms in total. The third-order valence-electron chi connectivity index (χ3n) is 3.15. The normalized spacial score (nSPS) is 17.6. The summed E-state index contributed by atoms with van der Waals surface area (Å²) < 4.78 is 5.22. The van der Waals surface area contributed by atoms with Crippen LogP contribution >= 0.6 is 11.8 Å². The molecule has 2 aromatic rings. The summed E-state index contributed by atoms with van der Waals surface area (Å²) in [6.07, 6.45) is 0. The fourth-order valence-electron chi connectivity index (χ4n) is 2.11. The maximum Gasteiger partial charge on any atom is 0.161 e. The summed E-state index contributed by atoms with van der Waals surface area (Å²) in [6, 6.07) is 18.4. The first-order chi connectivity index (χ1) is 9.85. The molecule has 0 radical (unpaired) electrons. The number of thioether (sulfide) groups is 1. The molecule has 0 aromatic heterocycles. The molecule has 0 saturated heterocycles. The summed E-state index contributed by atoms with van der Waals surface area (Å²) in [7, 11) is 1.67. The van der Waals surface area contributed by atoms with Crippen molar-refractivity contribution in [2.45, 2.75) is 5.25 Å². The number of hydrogen-bond donors (Lipinski definition) is 1. The van der Waals surface area contributed by atoms with E-state index in [0.29, 0.717) is 5.25 Å². The van der Waals surface area contributed by atoms with Crippen LogP contribution < -0.4 is 10.1 Å². The van der Waals surface area contributed by atoms with Gasteiger partial charge in [-0.1, -0.05) is 48.2 Å². The van der Waals surface area contributed by atoms with Gasteiger partial charge in [0.1, 0.15) is 5.75 Å². The van der Waals surface area contributed by atoms with Gasteiger partial charge in [0.2, 0.25) is 0 Å². The van der Waals surface area contributed by atoms with E-state index in [2.05, 4.69) is 34.6 Å². The van der Waals surface area contributed by atoms with Crippen molar-refractivity contribution in [2.24, 2.45) is 4.99 Å². The summed E-state index contributed by atoms with van der Waals surface area (Å²) in [5, 5.41) is 4.72. The van der Waals surface area contributed by atoms with Crippen LogP contribution in [0.1, 0.15) is 10.8 Å². The lowest BCUT2D eigenvalue weighted by atomic mass is 10.1. The van der Waals surface area contributed by atoms with E-state index in [1.165, 1.54) is 5.56 Å². The van der Waals surface area contributed by atoms with Gasteiger partial charge in [0.15, 0.2) is 5.17 Å². The zero-order chi connectivity index (χ0) is 13.8. The molecule has 3 rings (SSSR count). The van der Waals surface area contributed by atoms with Gasteiger partial charge in [0.25, 0.3) is 0 Å². The van der Waals surface area contributed by atoms with E-state index in [9.17, 15) is 0 Å². The molecule has 1 atom stereocenters. The van der Waals surface area contributed by atoms with Crippen LogP contribution in [0, 0.1) is 0 Å². The molecule has 1 aliphatic rings. The van der Waals surface area contributed by atoms with Crippen molar-refractivity contribution in [2.75, 3.05) is 19.0 Å². The molecule has 1 unspecified atom stereocenters. The van der Waals surface area contributed by atoms with Crippen LogP contribution in [0.25, 0.3) is 0 Å². The zero-order valence-electron chi connectivity index (χ0n) is 11.2. The molecule has 4 heteroatoms. The molecule has 1 heterocycles. The van der Waals surface area contributed by atoms with Crippen molar-refractivity contribution in [1.29, 1.82) is 0 Å². The van der Waals surface area contributed by atoms with Gasteiger partial charge in [0.05, 0.1) is 18.9 Å². The molecule has 20 heavy (non-hydrogen) atoms. The summed E-state index contributed by atoms with van der Waals surface area (Å²) >= 11 is 1.77. The van der Waals surface area contributed by atoms with Crippen LogP contribution in [-0.2, 0) is 0 Å². The van der Waals surface area contributed by atoms with Crippen molar-refractivity contribution >= 4 is 22.6 Å². The van der Waals surface area contributed by atoms with E-state index >= 15 is 0 Å². The summed E-state index contributed by atoms with van der Waals surface area (Å²) in [5.74, 6) is 0.846. The Morgan fingerprint density at radius 2 is 2.00 bits per heavy atom. The number of nitrogens with zero attached hydrogens (tertiary/aromatic N) is 1. The van der Waals surface area contributed by atoms with Gasteiger partial charge < -0.3 is 10.1 Å². The second-order valence-corrected chi connectivity index (χ2v) is 5.71. The third kappa shape index (κ3) is 2.96. The Hall–Kier alpha value is -1.94. The van der Waals surface area contributed by atoms with Crippen molar-refractivity contribution < 1.29 is 4.74 Å². The van der Waals surface area contributed by atoms with E-state index in [0.717, 1.165) is 23.1 Å². The smallest absolute Gasteiger partial charge is 0.161 e. The van der Waals surface area contributed by atoms with Gasteiger partial charge in [-0.05, 0) is 17.7 Å². The molecule has 0 spiro atoms. The molecular weight excluding hydrogens is 268 g/mol. The van der Waals surface area contributed by atoms with E-state index in [4.69, 9.17) is 4.74 Å². The molecule has 1 aliphatic heterocycles. The van der Waals surface area contributed by atoms with Crippen LogP contribution in [0.2, 0.25) is 0 Å². The van der Waals surface area contributed by atoms with E-state index in [-0.39, 0.29) is 0 Å². The molecule has 2 aromatic carbocycles. The van der Waals surface area contributed by atoms with Gasteiger partial charge in [0, 0.05) is 11.8 Å². The standard InChI is InChI=1S/C16H16N2OS/c1-19-14-9-5-8-13(10-14)18-16-17-11-15(20-16)12-6-3-2-4-7-12/h2-10,15H,11H2,1H3,(H,17,18). The molecule has 0 amide bonds. The second-order valence-electron chi connectivity index (χ2n) is 4.52. The Morgan fingerprint density at radius 1 is 1.15 bits per heavy atom. The summed E-state index contributed by atoms with van der Waals surface area (Å²) in [4.78, 5) is 4.57. The van der Waals surface area contributed by atoms with Crippen LogP contribution in [0.3, 0.4) is 0 Å². The van der Waals surface area contributed by atoms with Crippen LogP contribution in [0.5, 0.6) is 5.75 Å². The first kappa shape index (κ1) is 13.1. The Bertz CT molecular complexity index is 613. The lowest BCUT2D eigenvalue weighted by Gasteiger charge is -2.10. The van der Waals surface area contributed by atoms with Crippen molar-refractivity contribution in [3.8, 4) is 5.75 Å². The number of hydrogen-bond acceptors (Lipinski definition) is 4. The number of methoxy groups -OCH3 is 1. The lowest BCUT2D eigenvalue weighted by molar-refractivity contribution is 0.415. The molecular formula is C16H16N2OS.